The Bertz CT molecular complexity index is 3910. The molecule has 2 aromatic heterocycles. The number of benzene rings is 8. The van der Waals surface area contributed by atoms with Gasteiger partial charge >= 0.3 is 0 Å². The second-order valence-corrected chi connectivity index (χ2v) is 26.3. The Morgan fingerprint density at radius 1 is 0.459 bits per heavy atom. The summed E-state index contributed by atoms with van der Waals surface area (Å²) in [6.45, 7) is 32.8. The van der Waals surface area contributed by atoms with Gasteiger partial charge in [0, 0.05) is 61.4 Å². The molecule has 2 aliphatic heterocycles. The van der Waals surface area contributed by atoms with Gasteiger partial charge in [-0.25, -0.2) is 0 Å². The van der Waals surface area contributed by atoms with Crippen molar-refractivity contribution in [3.8, 4) is 16.8 Å². The zero-order chi connectivity index (χ0) is 51.8. The maximum Gasteiger partial charge on any atom is 0.252 e. The molecule has 0 saturated heterocycles. The van der Waals surface area contributed by atoms with Gasteiger partial charge in [0.2, 0.25) is 0 Å². The summed E-state index contributed by atoms with van der Waals surface area (Å²) in [6.07, 6.45) is 0. The first-order valence-corrected chi connectivity index (χ1v) is 26.9. The van der Waals surface area contributed by atoms with Crippen LogP contribution in [0.15, 0.2) is 162 Å². The topological polar surface area (TPSA) is 24.6 Å². The number of aromatic nitrogens is 1. The van der Waals surface area contributed by atoms with E-state index in [9.17, 15) is 0 Å². The monoisotopic (exact) mass is 966 g/mol. The van der Waals surface area contributed by atoms with Crippen molar-refractivity contribution >= 4 is 90.1 Å². The van der Waals surface area contributed by atoms with E-state index in [1.807, 2.05) is 0 Å². The Morgan fingerprint density at radius 2 is 1.04 bits per heavy atom. The molecule has 368 valence electrons. The van der Waals surface area contributed by atoms with Crippen LogP contribution in [0.4, 0.5) is 34.1 Å². The maximum atomic E-state index is 6.74. The largest absolute Gasteiger partial charge is 0.456 e. The third-order valence-electron chi connectivity index (χ3n) is 16.9. The van der Waals surface area contributed by atoms with Crippen molar-refractivity contribution in [2.75, 3.05) is 9.80 Å². The van der Waals surface area contributed by atoms with Crippen molar-refractivity contribution in [1.82, 2.24) is 4.57 Å². The summed E-state index contributed by atoms with van der Waals surface area (Å²) < 4.78 is 9.48. The Kier molecular flexibility index (Phi) is 9.70. The minimum atomic E-state index is -0.291. The fourth-order valence-corrected chi connectivity index (χ4v) is 12.9. The average Bonchev–Trinajstić information content (AvgIpc) is 3.99. The van der Waals surface area contributed by atoms with Crippen LogP contribution in [-0.2, 0) is 27.1 Å². The van der Waals surface area contributed by atoms with Crippen molar-refractivity contribution in [2.24, 2.45) is 0 Å². The van der Waals surface area contributed by atoms with Crippen molar-refractivity contribution in [3.63, 3.8) is 0 Å². The molecule has 0 amide bonds. The van der Waals surface area contributed by atoms with Crippen molar-refractivity contribution in [1.29, 1.82) is 0 Å². The number of fused-ring (bicyclic) bond motifs is 12. The summed E-state index contributed by atoms with van der Waals surface area (Å²) in [5.74, 6) is 0. The molecule has 0 spiro atoms. The molecule has 10 aromatic rings. The molecular weight excluding hydrogens is 898 g/mol. The molecule has 0 bridgehead atoms. The van der Waals surface area contributed by atoms with Crippen molar-refractivity contribution < 1.29 is 4.42 Å². The fraction of sp³-hybridized carbons (Fsp3) is 0.275. The third-order valence-corrected chi connectivity index (χ3v) is 16.9. The summed E-state index contributed by atoms with van der Waals surface area (Å²) >= 11 is 0. The molecule has 4 heterocycles. The van der Waals surface area contributed by atoms with Crippen LogP contribution in [-0.4, -0.2) is 11.3 Å². The maximum absolute atomic E-state index is 6.74. The second-order valence-electron chi connectivity index (χ2n) is 26.3. The van der Waals surface area contributed by atoms with Crippen molar-refractivity contribution in [2.45, 2.75) is 124 Å². The number of nitrogens with zero attached hydrogens (tertiary/aromatic N) is 3. The summed E-state index contributed by atoms with van der Waals surface area (Å²) in [6, 6.07) is 60.6. The summed E-state index contributed by atoms with van der Waals surface area (Å²) in [5, 5.41) is 3.57. The predicted molar refractivity (Wildman–Crippen MR) is 317 cm³/mol. The van der Waals surface area contributed by atoms with E-state index in [2.05, 4.69) is 269 Å². The van der Waals surface area contributed by atoms with E-state index < -0.39 is 0 Å². The standard InChI is InChI=1S/C69H68BN3O/c1-65(2,3)41-26-31-45(32-27-41)71(46-33-28-42(29-34-46)66(4,5)6)47-39-56-62-57(40-47)73-63-50(60-48-20-15-17-22-51(48)69(13,14)64(60)73)36-44(68(10,11)12)37-53(63)70(62)52-35-30-43(67(7,8)9)38-55(52)72(56)54-23-19-25-59-61(54)49-21-16-18-24-58(49)74-59/h15-40H,1-14H3. The molecule has 4 nitrogen and oxygen atoms in total. The third kappa shape index (κ3) is 6.73. The smallest absolute Gasteiger partial charge is 0.252 e. The highest BCUT2D eigenvalue weighted by atomic mass is 16.3. The minimum absolute atomic E-state index is 0.00555. The minimum Gasteiger partial charge on any atom is -0.456 e. The summed E-state index contributed by atoms with van der Waals surface area (Å²) in [7, 11) is 0. The van der Waals surface area contributed by atoms with Crippen LogP contribution < -0.4 is 26.2 Å². The SMILES string of the molecule is CC(C)(C)c1ccc(N(c2ccc(C(C)(C)C)cc2)c2cc3c4c(c2)-n2c5c(c6cc(C(C)(C)C)cc(c62)B4c2ccc(C(C)(C)C)cc2N3c2cccc3oc4ccccc4c23)-c2ccccc2C5(C)C)cc1. The molecule has 0 fully saturated rings. The molecule has 1 aliphatic carbocycles. The van der Waals surface area contributed by atoms with E-state index in [4.69, 9.17) is 4.42 Å². The molecular formula is C69H68BN3O. The molecule has 13 rings (SSSR count). The molecule has 74 heavy (non-hydrogen) atoms. The van der Waals surface area contributed by atoms with Gasteiger partial charge in [0.15, 0.2) is 0 Å². The van der Waals surface area contributed by atoms with Gasteiger partial charge in [-0.1, -0.05) is 188 Å². The van der Waals surface area contributed by atoms with E-state index in [0.717, 1.165) is 44.7 Å². The second kappa shape index (κ2) is 15.4. The van der Waals surface area contributed by atoms with Gasteiger partial charge in [0.1, 0.15) is 11.2 Å². The number of furan rings is 1. The van der Waals surface area contributed by atoms with Crippen LogP contribution in [0.5, 0.6) is 0 Å². The van der Waals surface area contributed by atoms with Gasteiger partial charge in [-0.3, -0.25) is 0 Å². The quantitative estimate of drug-likeness (QED) is 0.164. The lowest BCUT2D eigenvalue weighted by Crippen LogP contribution is -2.61. The van der Waals surface area contributed by atoms with Crippen LogP contribution in [0.1, 0.15) is 130 Å². The van der Waals surface area contributed by atoms with Gasteiger partial charge < -0.3 is 18.8 Å². The predicted octanol–water partition coefficient (Wildman–Crippen LogP) is 17.1. The van der Waals surface area contributed by atoms with E-state index >= 15 is 0 Å². The molecule has 8 aromatic carbocycles. The van der Waals surface area contributed by atoms with Gasteiger partial charge in [0.25, 0.3) is 6.71 Å². The van der Waals surface area contributed by atoms with Gasteiger partial charge in [-0.15, -0.1) is 0 Å². The lowest BCUT2D eigenvalue weighted by molar-refractivity contribution is 0.590. The molecule has 0 radical (unpaired) electrons. The summed E-state index contributed by atoms with van der Waals surface area (Å²) in [4.78, 5) is 5.13. The van der Waals surface area contributed by atoms with E-state index in [1.165, 1.54) is 89.0 Å². The molecule has 3 aliphatic rings. The normalized spacial score (nSPS) is 14.7. The Balaban J connectivity index is 1.22. The van der Waals surface area contributed by atoms with Gasteiger partial charge in [0.05, 0.1) is 16.8 Å². The number of rotatable bonds is 4. The zero-order valence-electron chi connectivity index (χ0n) is 45.8. The van der Waals surface area contributed by atoms with Gasteiger partial charge in [-0.05, 0) is 138 Å². The Labute approximate surface area is 438 Å². The Morgan fingerprint density at radius 3 is 1.69 bits per heavy atom. The van der Waals surface area contributed by atoms with Crippen LogP contribution in [0.25, 0.3) is 49.7 Å². The van der Waals surface area contributed by atoms with Crippen LogP contribution in [0.2, 0.25) is 0 Å². The highest BCUT2D eigenvalue weighted by Gasteiger charge is 2.48. The van der Waals surface area contributed by atoms with E-state index in [1.54, 1.807) is 0 Å². The number of hydrogen-bond donors (Lipinski definition) is 0. The first kappa shape index (κ1) is 46.5. The molecule has 0 unspecified atom stereocenters. The number of para-hydroxylation sites is 1. The molecule has 5 heteroatoms. The molecule has 0 N–H and O–H groups in total. The first-order valence-electron chi connectivity index (χ1n) is 26.9. The van der Waals surface area contributed by atoms with Crippen LogP contribution >= 0.6 is 0 Å². The zero-order valence-corrected chi connectivity index (χ0v) is 45.8. The first-order chi connectivity index (χ1) is 35.0. The van der Waals surface area contributed by atoms with Crippen molar-refractivity contribution in [3.05, 3.63) is 191 Å². The lowest BCUT2D eigenvalue weighted by atomic mass is 9.33. The van der Waals surface area contributed by atoms with E-state index in [0.29, 0.717) is 0 Å². The Hall–Kier alpha value is -7.24. The van der Waals surface area contributed by atoms with E-state index in [-0.39, 0.29) is 33.8 Å². The molecule has 0 saturated carbocycles. The average molecular weight is 966 g/mol. The number of anilines is 6. The lowest BCUT2D eigenvalue weighted by Gasteiger charge is -2.43. The highest BCUT2D eigenvalue weighted by molar-refractivity contribution is 7.00. The molecule has 0 atom stereocenters. The highest BCUT2D eigenvalue weighted by Crippen LogP contribution is 2.56. The summed E-state index contributed by atoms with van der Waals surface area (Å²) in [5.41, 5.74) is 25.4. The number of hydrogen-bond acceptors (Lipinski definition) is 3. The van der Waals surface area contributed by atoms with Crippen LogP contribution in [0, 0.1) is 0 Å². The van der Waals surface area contributed by atoms with Gasteiger partial charge in [-0.2, -0.15) is 0 Å². The van der Waals surface area contributed by atoms with Crippen LogP contribution in [0.3, 0.4) is 0 Å². The fourth-order valence-electron chi connectivity index (χ4n) is 12.9.